The Morgan fingerprint density at radius 3 is 2.53 bits per heavy atom. The first-order valence-electron chi connectivity index (χ1n) is 10.5. The monoisotopic (exact) mass is 632 g/mol. The van der Waals surface area contributed by atoms with Crippen LogP contribution < -0.4 is 24.4 Å². The summed E-state index contributed by atoms with van der Waals surface area (Å²) < 4.78 is 32.2. The Kier molecular flexibility index (Phi) is 6.78. The van der Waals surface area contributed by atoms with Gasteiger partial charge in [0.05, 0.1) is 14.6 Å². The van der Waals surface area contributed by atoms with E-state index in [1.54, 1.807) is 18.2 Å². The minimum Gasteiger partial charge on any atom is -0.487 e. The van der Waals surface area contributed by atoms with Gasteiger partial charge in [-0.3, -0.25) is 14.9 Å². The van der Waals surface area contributed by atoms with E-state index in [2.05, 4.69) is 37.2 Å². The van der Waals surface area contributed by atoms with Crippen LogP contribution in [-0.4, -0.2) is 23.7 Å². The van der Waals surface area contributed by atoms with E-state index in [0.717, 1.165) is 10.5 Å². The smallest absolute Gasteiger partial charge is 0.270 e. The van der Waals surface area contributed by atoms with Crippen LogP contribution in [0.1, 0.15) is 11.1 Å². The fourth-order valence-corrected chi connectivity index (χ4v) is 5.39. The average molecular weight is 634 g/mol. The lowest BCUT2D eigenvalue weighted by Crippen LogP contribution is -2.54. The second kappa shape index (κ2) is 10.00. The number of anilines is 1. The van der Waals surface area contributed by atoms with E-state index in [9.17, 15) is 14.0 Å². The first-order chi connectivity index (χ1) is 17.3. The molecule has 2 heterocycles. The maximum atomic E-state index is 14.4. The van der Waals surface area contributed by atoms with Crippen LogP contribution in [0.3, 0.4) is 0 Å². The molecule has 0 radical (unpaired) electrons. The van der Waals surface area contributed by atoms with Gasteiger partial charge in [-0.2, -0.15) is 0 Å². The number of nitrogens with one attached hydrogen (secondary N) is 1. The predicted molar refractivity (Wildman–Crippen MR) is 141 cm³/mol. The molecule has 7 nitrogen and oxygen atoms in total. The molecule has 0 spiro atoms. The highest BCUT2D eigenvalue weighted by atomic mass is 79.9. The number of halogens is 3. The van der Waals surface area contributed by atoms with Gasteiger partial charge in [-0.1, -0.05) is 18.2 Å². The molecule has 0 bridgehead atoms. The number of para-hydroxylation sites is 1. The lowest BCUT2D eigenvalue weighted by atomic mass is 10.1. The summed E-state index contributed by atoms with van der Waals surface area (Å²) in [5.41, 5.74) is 1.18. The molecular weight excluding hydrogens is 619 g/mol. The summed E-state index contributed by atoms with van der Waals surface area (Å²) in [5, 5.41) is 2.26. The van der Waals surface area contributed by atoms with Crippen LogP contribution in [0.2, 0.25) is 0 Å². The minimum absolute atomic E-state index is 0.0481. The highest BCUT2D eigenvalue weighted by Gasteiger charge is 2.35. The third kappa shape index (κ3) is 4.73. The topological polar surface area (TPSA) is 77.1 Å². The second-order valence-corrected chi connectivity index (χ2v) is 9.79. The van der Waals surface area contributed by atoms with Crippen LogP contribution in [0.4, 0.5) is 10.1 Å². The first kappa shape index (κ1) is 24.4. The molecule has 3 aromatic rings. The summed E-state index contributed by atoms with van der Waals surface area (Å²) in [4.78, 5) is 26.7. The molecule has 0 saturated carbocycles. The highest BCUT2D eigenvalue weighted by molar-refractivity contribution is 9.11. The number of hydrogen-bond donors (Lipinski definition) is 1. The largest absolute Gasteiger partial charge is 0.487 e. The summed E-state index contributed by atoms with van der Waals surface area (Å²) in [7, 11) is 0. The van der Waals surface area contributed by atoms with Gasteiger partial charge in [0.15, 0.2) is 16.6 Å². The number of rotatable bonds is 5. The molecule has 11 heteroatoms. The van der Waals surface area contributed by atoms with Gasteiger partial charge in [0.1, 0.15) is 23.7 Å². The SMILES string of the molecule is O=C1NC(=S)N(c2ccccc2F)C(=O)/C1=C/c1cc(Br)c(OCc2ccc3c(c2)OCO3)c(Br)c1. The van der Waals surface area contributed by atoms with Crippen molar-refractivity contribution in [2.45, 2.75) is 6.61 Å². The number of hydrogen-bond acceptors (Lipinski definition) is 6. The van der Waals surface area contributed by atoms with E-state index in [-0.39, 0.29) is 29.8 Å². The van der Waals surface area contributed by atoms with Crippen molar-refractivity contribution in [3.05, 3.63) is 86.1 Å². The molecule has 5 rings (SSSR count). The maximum Gasteiger partial charge on any atom is 0.270 e. The van der Waals surface area contributed by atoms with Gasteiger partial charge in [0.25, 0.3) is 11.8 Å². The Morgan fingerprint density at radius 2 is 1.78 bits per heavy atom. The number of ether oxygens (including phenoxy) is 3. The van der Waals surface area contributed by atoms with Crippen molar-refractivity contribution in [3.8, 4) is 17.2 Å². The standard InChI is InChI=1S/C25H15Br2FN2O5S/c26-16-8-14(9-17(27)22(16)33-11-13-5-6-20-21(10-13)35-12-34-20)7-15-23(31)29-25(36)30(24(15)32)19-4-2-1-3-18(19)28/h1-10H,11-12H2,(H,29,31,36)/b15-7+. The molecule has 2 amide bonds. The van der Waals surface area contributed by atoms with Crippen LogP contribution >= 0.6 is 44.1 Å². The lowest BCUT2D eigenvalue weighted by Gasteiger charge is -2.29. The molecule has 36 heavy (non-hydrogen) atoms. The fourth-order valence-electron chi connectivity index (χ4n) is 3.66. The highest BCUT2D eigenvalue weighted by Crippen LogP contribution is 2.37. The van der Waals surface area contributed by atoms with Gasteiger partial charge in [-0.25, -0.2) is 9.29 Å². The molecule has 1 N–H and O–H groups in total. The van der Waals surface area contributed by atoms with Gasteiger partial charge < -0.3 is 14.2 Å². The molecule has 1 fully saturated rings. The quantitative estimate of drug-likeness (QED) is 0.228. The van der Waals surface area contributed by atoms with Gasteiger partial charge in [-0.15, -0.1) is 0 Å². The Hall–Kier alpha value is -3.28. The third-order valence-electron chi connectivity index (χ3n) is 5.35. The molecule has 182 valence electrons. The van der Waals surface area contributed by atoms with E-state index in [4.69, 9.17) is 26.4 Å². The summed E-state index contributed by atoms with van der Waals surface area (Å²) in [5.74, 6) is -0.164. The van der Waals surface area contributed by atoms with Crippen molar-refractivity contribution in [2.75, 3.05) is 11.7 Å². The number of nitrogens with zero attached hydrogens (tertiary/aromatic N) is 1. The van der Waals surface area contributed by atoms with Crippen LogP contribution in [0.15, 0.2) is 69.1 Å². The van der Waals surface area contributed by atoms with Gasteiger partial charge in [0.2, 0.25) is 6.79 Å². The molecule has 0 aromatic heterocycles. The van der Waals surface area contributed by atoms with E-state index < -0.39 is 17.6 Å². The lowest BCUT2D eigenvalue weighted by molar-refractivity contribution is -0.122. The van der Waals surface area contributed by atoms with Crippen LogP contribution in [-0.2, 0) is 16.2 Å². The molecule has 1 saturated heterocycles. The zero-order chi connectivity index (χ0) is 25.4. The summed E-state index contributed by atoms with van der Waals surface area (Å²) in [6.07, 6.45) is 1.41. The van der Waals surface area contributed by atoms with Crippen molar-refractivity contribution in [1.29, 1.82) is 0 Å². The molecular formula is C25H15Br2FN2O5S. The number of carbonyl (C=O) groups is 2. The van der Waals surface area contributed by atoms with E-state index in [1.165, 1.54) is 24.3 Å². The molecule has 2 aliphatic rings. The Labute approximate surface area is 227 Å². The predicted octanol–water partition coefficient (Wildman–Crippen LogP) is 5.49. The number of thiocarbonyl (C=S) groups is 1. The number of benzene rings is 3. The third-order valence-corrected chi connectivity index (χ3v) is 6.81. The van der Waals surface area contributed by atoms with Crippen LogP contribution in [0.25, 0.3) is 6.08 Å². The summed E-state index contributed by atoms with van der Waals surface area (Å²) in [6.45, 7) is 0.461. The normalized spacial score (nSPS) is 15.9. The van der Waals surface area contributed by atoms with E-state index in [1.807, 2.05) is 18.2 Å². The molecule has 0 aliphatic carbocycles. The zero-order valence-corrected chi connectivity index (χ0v) is 22.2. The minimum atomic E-state index is -0.732. The fraction of sp³-hybridized carbons (Fsp3) is 0.0800. The van der Waals surface area contributed by atoms with Gasteiger partial charge >= 0.3 is 0 Å². The molecule has 0 unspecified atom stereocenters. The van der Waals surface area contributed by atoms with Gasteiger partial charge in [-0.05, 0) is 97.7 Å². The number of fused-ring (bicyclic) bond motifs is 1. The van der Waals surface area contributed by atoms with Crippen molar-refractivity contribution < 1.29 is 28.2 Å². The number of amides is 2. The molecule has 0 atom stereocenters. The molecule has 2 aliphatic heterocycles. The van der Waals surface area contributed by atoms with E-state index >= 15 is 0 Å². The number of carbonyl (C=O) groups excluding carboxylic acids is 2. The zero-order valence-electron chi connectivity index (χ0n) is 18.2. The van der Waals surface area contributed by atoms with Crippen molar-refractivity contribution >= 4 is 72.8 Å². The summed E-state index contributed by atoms with van der Waals surface area (Å²) in [6, 6.07) is 14.6. The maximum absolute atomic E-state index is 14.4. The van der Waals surface area contributed by atoms with Crippen LogP contribution in [0, 0.1) is 5.82 Å². The second-order valence-electron chi connectivity index (χ2n) is 7.70. The Bertz CT molecular complexity index is 1440. The van der Waals surface area contributed by atoms with Crippen molar-refractivity contribution in [3.63, 3.8) is 0 Å². The van der Waals surface area contributed by atoms with Crippen molar-refractivity contribution in [2.24, 2.45) is 0 Å². The first-order valence-corrected chi connectivity index (χ1v) is 12.5. The molecule has 3 aromatic carbocycles. The van der Waals surface area contributed by atoms with Crippen LogP contribution in [0.5, 0.6) is 17.2 Å². The Balaban J connectivity index is 1.39. The van der Waals surface area contributed by atoms with E-state index in [0.29, 0.717) is 31.8 Å². The average Bonchev–Trinajstić information content (AvgIpc) is 3.30. The summed E-state index contributed by atoms with van der Waals surface area (Å²) >= 11 is 12.1. The van der Waals surface area contributed by atoms with Gasteiger partial charge in [0, 0.05) is 0 Å². The van der Waals surface area contributed by atoms with Crippen molar-refractivity contribution in [1.82, 2.24) is 5.32 Å². The Morgan fingerprint density at radius 1 is 1.06 bits per heavy atom.